The first kappa shape index (κ1) is 14.3. The minimum absolute atomic E-state index is 0.149. The summed E-state index contributed by atoms with van der Waals surface area (Å²) in [6, 6.07) is 4.76. The van der Waals surface area contributed by atoms with Gasteiger partial charge in [-0.1, -0.05) is 11.6 Å². The van der Waals surface area contributed by atoms with Crippen molar-refractivity contribution in [2.45, 2.75) is 12.7 Å². The highest BCUT2D eigenvalue weighted by Crippen LogP contribution is 2.28. The van der Waals surface area contributed by atoms with Gasteiger partial charge in [-0.25, -0.2) is 0 Å². The van der Waals surface area contributed by atoms with Crippen LogP contribution in [0.2, 0.25) is 5.02 Å². The van der Waals surface area contributed by atoms with E-state index in [1.165, 1.54) is 12.1 Å². The zero-order valence-electron chi connectivity index (χ0n) is 9.76. The Kier molecular flexibility index (Phi) is 3.67. The fourth-order valence-electron chi connectivity index (χ4n) is 1.62. The number of aromatic nitrogens is 2. The third-order valence-electron chi connectivity index (χ3n) is 2.51. The van der Waals surface area contributed by atoms with Gasteiger partial charge in [-0.2, -0.15) is 18.3 Å². The van der Waals surface area contributed by atoms with E-state index in [1.54, 1.807) is 0 Å². The van der Waals surface area contributed by atoms with Gasteiger partial charge in [-0.15, -0.1) is 0 Å². The van der Waals surface area contributed by atoms with Crippen molar-refractivity contribution in [2.75, 3.05) is 0 Å². The van der Waals surface area contributed by atoms with E-state index in [0.29, 0.717) is 0 Å². The van der Waals surface area contributed by atoms with E-state index in [9.17, 15) is 23.3 Å². The number of rotatable bonds is 3. The standard InChI is InChI=1S/C11H7ClF3N3O2/c12-8-2-1-7(9(5-8)18(19)20)6-17-4-3-10(16-17)11(13,14)15/h1-5H,6H2. The van der Waals surface area contributed by atoms with Crippen LogP contribution in [0.25, 0.3) is 0 Å². The van der Waals surface area contributed by atoms with Crippen LogP contribution in [0, 0.1) is 10.1 Å². The fourth-order valence-corrected chi connectivity index (χ4v) is 1.78. The van der Waals surface area contributed by atoms with Crippen LogP contribution in [-0.2, 0) is 12.7 Å². The second-order valence-corrected chi connectivity index (χ2v) is 4.36. The second kappa shape index (κ2) is 5.12. The Labute approximate surface area is 115 Å². The van der Waals surface area contributed by atoms with Gasteiger partial charge in [0.1, 0.15) is 0 Å². The highest BCUT2D eigenvalue weighted by atomic mass is 35.5. The lowest BCUT2D eigenvalue weighted by Crippen LogP contribution is -2.09. The van der Waals surface area contributed by atoms with Crippen molar-refractivity contribution in [3.05, 3.63) is 56.9 Å². The summed E-state index contributed by atoms with van der Waals surface area (Å²) in [4.78, 5) is 10.2. The van der Waals surface area contributed by atoms with Gasteiger partial charge in [0, 0.05) is 17.3 Å². The summed E-state index contributed by atoms with van der Waals surface area (Å²) < 4.78 is 38.2. The first-order valence-electron chi connectivity index (χ1n) is 5.31. The Balaban J connectivity index is 2.31. The molecule has 0 atom stereocenters. The largest absolute Gasteiger partial charge is 0.435 e. The monoisotopic (exact) mass is 305 g/mol. The van der Waals surface area contributed by atoms with E-state index >= 15 is 0 Å². The summed E-state index contributed by atoms with van der Waals surface area (Å²) >= 11 is 5.65. The molecule has 9 heteroatoms. The molecule has 0 bridgehead atoms. The lowest BCUT2D eigenvalue weighted by Gasteiger charge is -2.05. The molecular formula is C11H7ClF3N3O2. The number of hydrogen-bond donors (Lipinski definition) is 0. The average molecular weight is 306 g/mol. The molecule has 0 saturated heterocycles. The number of hydrogen-bond acceptors (Lipinski definition) is 3. The van der Waals surface area contributed by atoms with Gasteiger partial charge in [0.15, 0.2) is 5.69 Å². The number of benzene rings is 1. The topological polar surface area (TPSA) is 61.0 Å². The van der Waals surface area contributed by atoms with Crippen LogP contribution < -0.4 is 0 Å². The number of nitrogens with zero attached hydrogens (tertiary/aromatic N) is 3. The van der Waals surface area contributed by atoms with E-state index in [2.05, 4.69) is 5.10 Å². The quantitative estimate of drug-likeness (QED) is 0.644. The van der Waals surface area contributed by atoms with Gasteiger partial charge < -0.3 is 0 Å². The van der Waals surface area contributed by atoms with Gasteiger partial charge in [-0.3, -0.25) is 14.8 Å². The van der Waals surface area contributed by atoms with Crippen LogP contribution in [0.3, 0.4) is 0 Å². The fraction of sp³-hybridized carbons (Fsp3) is 0.182. The lowest BCUT2D eigenvalue weighted by atomic mass is 10.2. The van der Waals surface area contributed by atoms with E-state index < -0.39 is 16.8 Å². The molecule has 0 unspecified atom stereocenters. The molecular weight excluding hydrogens is 299 g/mol. The highest BCUT2D eigenvalue weighted by Gasteiger charge is 2.33. The Hall–Kier alpha value is -2.09. The number of alkyl halides is 3. The minimum atomic E-state index is -4.54. The Bertz CT molecular complexity index is 655. The molecule has 0 aliphatic heterocycles. The normalized spacial score (nSPS) is 11.6. The summed E-state index contributed by atoms with van der Waals surface area (Å²) in [7, 11) is 0. The summed E-state index contributed by atoms with van der Waals surface area (Å²) in [5.41, 5.74) is -1.09. The van der Waals surface area contributed by atoms with Crippen LogP contribution in [0.15, 0.2) is 30.5 Å². The van der Waals surface area contributed by atoms with Crippen molar-refractivity contribution < 1.29 is 18.1 Å². The van der Waals surface area contributed by atoms with Gasteiger partial charge in [0.05, 0.1) is 17.0 Å². The van der Waals surface area contributed by atoms with Crippen LogP contribution in [0.1, 0.15) is 11.3 Å². The Morgan fingerprint density at radius 3 is 2.60 bits per heavy atom. The SMILES string of the molecule is O=[N+]([O-])c1cc(Cl)ccc1Cn1ccc(C(F)(F)F)n1. The molecule has 1 aromatic carbocycles. The Morgan fingerprint density at radius 1 is 1.35 bits per heavy atom. The predicted molar refractivity (Wildman–Crippen MR) is 64.4 cm³/mol. The molecule has 0 aliphatic rings. The van der Waals surface area contributed by atoms with Crippen LogP contribution >= 0.6 is 11.6 Å². The average Bonchev–Trinajstić information content (AvgIpc) is 2.79. The van der Waals surface area contributed by atoms with Gasteiger partial charge in [0.25, 0.3) is 5.69 Å². The van der Waals surface area contributed by atoms with Crippen molar-refractivity contribution in [3.63, 3.8) is 0 Å². The van der Waals surface area contributed by atoms with Crippen molar-refractivity contribution in [2.24, 2.45) is 0 Å². The molecule has 1 aromatic heterocycles. The van der Waals surface area contributed by atoms with Gasteiger partial charge in [-0.05, 0) is 18.2 Å². The third kappa shape index (κ3) is 3.08. The molecule has 0 fully saturated rings. The molecule has 0 saturated carbocycles. The molecule has 1 heterocycles. The molecule has 0 amide bonds. The zero-order chi connectivity index (χ0) is 14.9. The molecule has 106 valence electrons. The molecule has 0 N–H and O–H groups in total. The smallest absolute Gasteiger partial charge is 0.267 e. The van der Waals surface area contributed by atoms with E-state index in [4.69, 9.17) is 11.6 Å². The van der Waals surface area contributed by atoms with Gasteiger partial charge >= 0.3 is 6.18 Å². The van der Waals surface area contributed by atoms with Crippen molar-refractivity contribution in [1.29, 1.82) is 0 Å². The van der Waals surface area contributed by atoms with E-state index in [1.807, 2.05) is 0 Å². The van der Waals surface area contributed by atoms with E-state index in [0.717, 1.165) is 23.0 Å². The van der Waals surface area contributed by atoms with Gasteiger partial charge in [0.2, 0.25) is 0 Å². The number of nitro groups is 1. The molecule has 0 spiro atoms. The van der Waals surface area contributed by atoms with Crippen LogP contribution in [0.4, 0.5) is 18.9 Å². The first-order valence-corrected chi connectivity index (χ1v) is 5.68. The second-order valence-electron chi connectivity index (χ2n) is 3.93. The maximum Gasteiger partial charge on any atom is 0.435 e. The molecule has 2 rings (SSSR count). The Morgan fingerprint density at radius 2 is 2.05 bits per heavy atom. The molecule has 0 aliphatic carbocycles. The summed E-state index contributed by atoms with van der Waals surface area (Å²) in [5.74, 6) is 0. The molecule has 2 aromatic rings. The summed E-state index contributed by atoms with van der Waals surface area (Å²) in [5, 5.41) is 14.4. The third-order valence-corrected chi connectivity index (χ3v) is 2.74. The van der Waals surface area contributed by atoms with Crippen molar-refractivity contribution in [3.8, 4) is 0 Å². The molecule has 5 nitrogen and oxygen atoms in total. The highest BCUT2D eigenvalue weighted by molar-refractivity contribution is 6.30. The minimum Gasteiger partial charge on any atom is -0.267 e. The number of nitro benzene ring substituents is 1. The van der Waals surface area contributed by atoms with Crippen molar-refractivity contribution >= 4 is 17.3 Å². The molecule has 20 heavy (non-hydrogen) atoms. The lowest BCUT2D eigenvalue weighted by molar-refractivity contribution is -0.385. The zero-order valence-corrected chi connectivity index (χ0v) is 10.5. The van der Waals surface area contributed by atoms with E-state index in [-0.39, 0.29) is 22.8 Å². The number of halogens is 4. The van der Waals surface area contributed by atoms with Crippen molar-refractivity contribution in [1.82, 2.24) is 9.78 Å². The first-order chi connectivity index (χ1) is 9.27. The molecule has 0 radical (unpaired) electrons. The maximum atomic E-state index is 12.4. The summed E-state index contributed by atoms with van der Waals surface area (Å²) in [6.07, 6.45) is -3.43. The predicted octanol–water partition coefficient (Wildman–Crippen LogP) is 3.51. The maximum absolute atomic E-state index is 12.4. The van der Waals surface area contributed by atoms with Crippen LogP contribution in [-0.4, -0.2) is 14.7 Å². The van der Waals surface area contributed by atoms with Crippen LogP contribution in [0.5, 0.6) is 0 Å². The summed E-state index contributed by atoms with van der Waals surface area (Å²) in [6.45, 7) is -0.149.